The highest BCUT2D eigenvalue weighted by Gasteiger charge is 2.36. The Morgan fingerprint density at radius 1 is 1.15 bits per heavy atom. The Balaban J connectivity index is 1.84. The summed E-state index contributed by atoms with van der Waals surface area (Å²) in [5.41, 5.74) is -2.18. The van der Waals surface area contributed by atoms with Gasteiger partial charge in [-0.25, -0.2) is 27.7 Å². The summed E-state index contributed by atoms with van der Waals surface area (Å²) in [6.45, 7) is 1.26. The molecule has 33 heavy (non-hydrogen) atoms. The molecule has 1 atom stereocenters. The molecule has 3 rings (SSSR count). The Kier molecular flexibility index (Phi) is 7.97. The predicted octanol–water partition coefficient (Wildman–Crippen LogP) is 4.67. The van der Waals surface area contributed by atoms with Crippen LogP contribution >= 0.6 is 0 Å². The lowest BCUT2D eigenvalue weighted by atomic mass is 10.1. The van der Waals surface area contributed by atoms with E-state index in [1.54, 1.807) is 4.72 Å². The monoisotopic (exact) mass is 503 g/mol. The molecule has 0 spiro atoms. The van der Waals surface area contributed by atoms with Gasteiger partial charge in [-0.1, -0.05) is 0 Å². The number of hydrogen-bond donors (Lipinski definition) is 2. The molecular formula is C20H21F4N5O2S2. The topological polar surface area (TPSA) is 88.5 Å². The fraction of sp³-hybridized carbons (Fsp3) is 0.300. The van der Waals surface area contributed by atoms with E-state index in [-0.39, 0.29) is 29.6 Å². The molecule has 0 saturated heterocycles. The Morgan fingerprint density at radius 2 is 1.91 bits per heavy atom. The van der Waals surface area contributed by atoms with Crippen molar-refractivity contribution < 1.29 is 26.5 Å². The molecule has 0 aliphatic rings. The third-order valence-electron chi connectivity index (χ3n) is 4.21. The van der Waals surface area contributed by atoms with Crippen LogP contribution in [0.5, 0.6) is 5.75 Å². The quantitative estimate of drug-likeness (QED) is 0.345. The molecule has 0 aliphatic heterocycles. The normalized spacial score (nSPS) is 12.7. The van der Waals surface area contributed by atoms with Crippen molar-refractivity contribution in [3.05, 3.63) is 48.0 Å². The molecule has 0 bridgehead atoms. The number of aryl methyl sites for hydroxylation is 1. The minimum absolute atomic E-state index is 0.0617. The summed E-state index contributed by atoms with van der Waals surface area (Å²) in [5, 5.41) is 3.82. The number of nitrogens with zero attached hydrogens (tertiary/aromatic N) is 3. The maximum atomic E-state index is 13.8. The summed E-state index contributed by atoms with van der Waals surface area (Å²) < 4.78 is 73.6. The van der Waals surface area contributed by atoms with Gasteiger partial charge < -0.3 is 10.1 Å². The van der Waals surface area contributed by atoms with E-state index in [1.165, 1.54) is 18.5 Å². The first-order valence-corrected chi connectivity index (χ1v) is 12.7. The van der Waals surface area contributed by atoms with Crippen LogP contribution in [0.1, 0.15) is 5.56 Å². The first kappa shape index (κ1) is 25.0. The Hall–Kier alpha value is -2.64. The van der Waals surface area contributed by atoms with Crippen molar-refractivity contribution in [3.63, 3.8) is 0 Å². The number of ether oxygens (including phenoxy) is 1. The molecular weight excluding hydrogens is 482 g/mol. The van der Waals surface area contributed by atoms with Gasteiger partial charge in [0.2, 0.25) is 0 Å². The molecule has 0 radical (unpaired) electrons. The molecule has 0 aliphatic carbocycles. The number of halogens is 4. The van der Waals surface area contributed by atoms with E-state index in [1.807, 2.05) is 31.6 Å². The zero-order chi connectivity index (χ0) is 24.2. The van der Waals surface area contributed by atoms with Crippen LogP contribution in [0.3, 0.4) is 0 Å². The number of rotatable bonds is 8. The van der Waals surface area contributed by atoms with Gasteiger partial charge in [0.15, 0.2) is 11.0 Å². The molecule has 2 N–H and O–H groups in total. The van der Waals surface area contributed by atoms with E-state index < -0.39 is 22.3 Å². The van der Waals surface area contributed by atoms with Gasteiger partial charge in [-0.3, -0.25) is 0 Å². The summed E-state index contributed by atoms with van der Waals surface area (Å²) in [6, 6.07) is 7.50. The third kappa shape index (κ3) is 6.68. The highest BCUT2D eigenvalue weighted by molar-refractivity contribution is 7.85. The standard InChI is InChI=1S/C20H21F4N5O2S2/c1-12-8-14(29-32(2)3)10-16-18(12)19(26-11-25-16)28-15-5-4-13(21)9-17(15)31-7-6-27-33(30)20(22,23)24/h4-5,8-11,27H,6-7H2,1-3H3,(H,25,26,28). The number of fused-ring (bicyclic) bond motifs is 1. The first-order valence-electron chi connectivity index (χ1n) is 9.51. The summed E-state index contributed by atoms with van der Waals surface area (Å²) in [5.74, 6) is -0.0812. The summed E-state index contributed by atoms with van der Waals surface area (Å²) in [6.07, 6.45) is 5.38. The maximum absolute atomic E-state index is 13.8. The van der Waals surface area contributed by atoms with E-state index >= 15 is 0 Å². The van der Waals surface area contributed by atoms with E-state index in [9.17, 15) is 21.8 Å². The molecule has 13 heteroatoms. The fourth-order valence-electron chi connectivity index (χ4n) is 2.96. The molecule has 7 nitrogen and oxygen atoms in total. The van der Waals surface area contributed by atoms with Crippen LogP contribution in [0.25, 0.3) is 10.9 Å². The van der Waals surface area contributed by atoms with Gasteiger partial charge in [-0.15, -0.1) is 10.7 Å². The molecule has 0 saturated carbocycles. The molecule has 0 fully saturated rings. The molecule has 1 unspecified atom stereocenters. The van der Waals surface area contributed by atoms with Crippen molar-refractivity contribution in [1.82, 2.24) is 14.7 Å². The number of nitrogens with one attached hydrogen (secondary N) is 2. The van der Waals surface area contributed by atoms with E-state index in [0.29, 0.717) is 17.0 Å². The average molecular weight is 504 g/mol. The SMILES string of the molecule is Cc1cc(N=S(C)C)cc2ncnc(Nc3ccc(F)cc3OCCNS(=O)C(F)(F)F)c12. The smallest absolute Gasteiger partial charge is 0.485 e. The van der Waals surface area contributed by atoms with Gasteiger partial charge in [0.25, 0.3) is 0 Å². The zero-order valence-corrected chi connectivity index (χ0v) is 19.5. The van der Waals surface area contributed by atoms with Crippen molar-refractivity contribution in [2.24, 2.45) is 4.36 Å². The molecule has 0 amide bonds. The number of alkyl halides is 3. The van der Waals surface area contributed by atoms with Gasteiger partial charge in [0.1, 0.15) is 30.3 Å². The number of hydrogen-bond acceptors (Lipinski definition) is 6. The van der Waals surface area contributed by atoms with Crippen molar-refractivity contribution in [1.29, 1.82) is 0 Å². The lowest BCUT2D eigenvalue weighted by Crippen LogP contribution is -2.32. The second-order valence-corrected chi connectivity index (χ2v) is 9.98. The summed E-state index contributed by atoms with van der Waals surface area (Å²) in [7, 11) is -3.35. The van der Waals surface area contributed by atoms with Crippen LogP contribution in [0.2, 0.25) is 0 Å². The molecule has 2 aromatic carbocycles. The predicted molar refractivity (Wildman–Crippen MR) is 123 cm³/mol. The van der Waals surface area contributed by atoms with Crippen LogP contribution in [0.15, 0.2) is 41.0 Å². The van der Waals surface area contributed by atoms with Crippen LogP contribution in [0, 0.1) is 12.7 Å². The highest BCUT2D eigenvalue weighted by Crippen LogP contribution is 2.33. The van der Waals surface area contributed by atoms with Crippen LogP contribution in [-0.4, -0.2) is 45.3 Å². The van der Waals surface area contributed by atoms with E-state index in [0.717, 1.165) is 22.7 Å². The van der Waals surface area contributed by atoms with E-state index in [2.05, 4.69) is 19.6 Å². The third-order valence-corrected chi connectivity index (χ3v) is 5.67. The van der Waals surface area contributed by atoms with Crippen LogP contribution < -0.4 is 14.8 Å². The molecule has 178 valence electrons. The van der Waals surface area contributed by atoms with Crippen molar-refractivity contribution in [2.75, 3.05) is 31.0 Å². The van der Waals surface area contributed by atoms with Gasteiger partial charge in [0, 0.05) is 18.0 Å². The zero-order valence-electron chi connectivity index (χ0n) is 17.9. The maximum Gasteiger partial charge on any atom is 0.485 e. The van der Waals surface area contributed by atoms with Gasteiger partial charge in [-0.2, -0.15) is 13.2 Å². The summed E-state index contributed by atoms with van der Waals surface area (Å²) >= 11 is 0. The van der Waals surface area contributed by atoms with Crippen molar-refractivity contribution in [3.8, 4) is 5.75 Å². The van der Waals surface area contributed by atoms with Gasteiger partial charge in [-0.05, 0) is 49.3 Å². The average Bonchev–Trinajstić information content (AvgIpc) is 2.71. The summed E-state index contributed by atoms with van der Waals surface area (Å²) in [4.78, 5) is 8.60. The first-order chi connectivity index (χ1) is 15.5. The van der Waals surface area contributed by atoms with Crippen LogP contribution in [-0.2, 0) is 21.7 Å². The molecule has 1 aromatic heterocycles. The highest BCUT2D eigenvalue weighted by atomic mass is 32.2. The van der Waals surface area contributed by atoms with E-state index in [4.69, 9.17) is 4.74 Å². The number of anilines is 2. The lowest BCUT2D eigenvalue weighted by Gasteiger charge is -2.15. The van der Waals surface area contributed by atoms with Crippen LogP contribution in [0.4, 0.5) is 34.8 Å². The Bertz CT molecular complexity index is 1220. The molecule has 1 heterocycles. The Labute approximate surface area is 192 Å². The van der Waals surface area contributed by atoms with Crippen molar-refractivity contribution >= 4 is 49.8 Å². The number of benzene rings is 2. The van der Waals surface area contributed by atoms with Gasteiger partial charge in [0.05, 0.1) is 16.9 Å². The minimum Gasteiger partial charge on any atom is -0.490 e. The lowest BCUT2D eigenvalue weighted by molar-refractivity contribution is -0.0394. The van der Waals surface area contributed by atoms with Crippen molar-refractivity contribution in [2.45, 2.75) is 12.4 Å². The Morgan fingerprint density at radius 3 is 2.61 bits per heavy atom. The fourth-order valence-corrected chi connectivity index (χ4v) is 3.91. The molecule has 3 aromatic rings. The van der Waals surface area contributed by atoms with Gasteiger partial charge >= 0.3 is 5.51 Å². The largest absolute Gasteiger partial charge is 0.490 e. The second-order valence-electron chi connectivity index (χ2n) is 6.97. The number of aromatic nitrogens is 2. The minimum atomic E-state index is -4.87. The second kappa shape index (κ2) is 10.5.